The normalized spacial score (nSPS) is 19.6. The average molecular weight is 373 g/mol. The molecule has 0 aromatic heterocycles. The van der Waals surface area contributed by atoms with Gasteiger partial charge in [-0.3, -0.25) is 4.79 Å². The van der Waals surface area contributed by atoms with Gasteiger partial charge in [-0.15, -0.1) is 0 Å². The van der Waals surface area contributed by atoms with Gasteiger partial charge in [0.05, 0.1) is 19.4 Å². The van der Waals surface area contributed by atoms with Crippen molar-refractivity contribution in [2.24, 2.45) is 11.1 Å². The summed E-state index contributed by atoms with van der Waals surface area (Å²) in [6.07, 6.45) is 8.62. The van der Waals surface area contributed by atoms with Crippen LogP contribution in [0.25, 0.3) is 0 Å². The summed E-state index contributed by atoms with van der Waals surface area (Å²) in [7, 11) is 1.66. The van der Waals surface area contributed by atoms with E-state index in [2.05, 4.69) is 12.1 Å². The van der Waals surface area contributed by atoms with Crippen LogP contribution < -0.4 is 4.74 Å². The molecular formula is C22H32N2O3. The van der Waals surface area contributed by atoms with Crippen LogP contribution in [0.2, 0.25) is 0 Å². The van der Waals surface area contributed by atoms with Crippen molar-refractivity contribution < 1.29 is 14.4 Å². The summed E-state index contributed by atoms with van der Waals surface area (Å²) in [5.74, 6) is 1.85. The lowest BCUT2D eigenvalue weighted by Crippen LogP contribution is -2.38. The van der Waals surface area contributed by atoms with Crippen LogP contribution in [-0.2, 0) is 9.63 Å². The molecule has 0 spiro atoms. The van der Waals surface area contributed by atoms with Gasteiger partial charge in [0.1, 0.15) is 5.75 Å². The lowest BCUT2D eigenvalue weighted by molar-refractivity contribution is -0.133. The summed E-state index contributed by atoms with van der Waals surface area (Å²) in [6.45, 7) is 3.54. The van der Waals surface area contributed by atoms with Crippen molar-refractivity contribution in [1.29, 1.82) is 0 Å². The van der Waals surface area contributed by atoms with Gasteiger partial charge < -0.3 is 14.5 Å². The minimum absolute atomic E-state index is 0.0518. The van der Waals surface area contributed by atoms with Gasteiger partial charge in [0.2, 0.25) is 5.91 Å². The molecule has 0 bridgehead atoms. The summed E-state index contributed by atoms with van der Waals surface area (Å²) in [6, 6.07) is 7.86. The third-order valence-corrected chi connectivity index (χ3v) is 5.67. The molecule has 0 radical (unpaired) electrons. The number of ether oxygens (including phenoxy) is 1. The molecule has 148 valence electrons. The molecule has 1 heterocycles. The summed E-state index contributed by atoms with van der Waals surface area (Å²) in [5.41, 5.74) is 1.99. The van der Waals surface area contributed by atoms with Gasteiger partial charge in [0.15, 0.2) is 6.10 Å². The Labute approximate surface area is 162 Å². The van der Waals surface area contributed by atoms with Crippen LogP contribution in [0.3, 0.4) is 0 Å². The zero-order chi connectivity index (χ0) is 19.1. The average Bonchev–Trinajstić information content (AvgIpc) is 3.38. The van der Waals surface area contributed by atoms with Crippen molar-refractivity contribution in [3.63, 3.8) is 0 Å². The van der Waals surface area contributed by atoms with E-state index < -0.39 is 0 Å². The van der Waals surface area contributed by atoms with Crippen LogP contribution in [0.1, 0.15) is 63.9 Å². The highest BCUT2D eigenvalue weighted by atomic mass is 16.6. The van der Waals surface area contributed by atoms with E-state index in [1.54, 1.807) is 7.11 Å². The Hall–Kier alpha value is -2.04. The Bertz CT molecular complexity index is 635. The van der Waals surface area contributed by atoms with Gasteiger partial charge in [0.25, 0.3) is 0 Å². The number of methoxy groups -OCH3 is 1. The fraction of sp³-hybridized carbons (Fsp3) is 0.636. The van der Waals surface area contributed by atoms with E-state index >= 15 is 0 Å². The van der Waals surface area contributed by atoms with E-state index in [1.807, 2.05) is 29.2 Å². The highest BCUT2D eigenvalue weighted by Gasteiger charge is 2.27. The molecule has 1 aliphatic carbocycles. The van der Waals surface area contributed by atoms with Gasteiger partial charge in [-0.05, 0) is 48.6 Å². The minimum atomic E-state index is -0.0518. The fourth-order valence-electron chi connectivity index (χ4n) is 4.10. The van der Waals surface area contributed by atoms with Gasteiger partial charge >= 0.3 is 0 Å². The first-order valence-electron chi connectivity index (χ1n) is 10.3. The molecular weight excluding hydrogens is 340 g/mol. The van der Waals surface area contributed by atoms with Gasteiger partial charge in [-0.25, -0.2) is 0 Å². The lowest BCUT2D eigenvalue weighted by atomic mass is 10.0. The Morgan fingerprint density at radius 1 is 1.26 bits per heavy atom. The molecule has 0 saturated heterocycles. The zero-order valence-corrected chi connectivity index (χ0v) is 16.7. The first-order valence-corrected chi connectivity index (χ1v) is 10.3. The van der Waals surface area contributed by atoms with E-state index in [1.165, 1.54) is 25.7 Å². The molecule has 1 aliphatic heterocycles. The summed E-state index contributed by atoms with van der Waals surface area (Å²) >= 11 is 0. The molecule has 1 saturated carbocycles. The minimum Gasteiger partial charge on any atom is -0.497 e. The predicted octanol–water partition coefficient (Wildman–Crippen LogP) is 4.40. The van der Waals surface area contributed by atoms with E-state index in [4.69, 9.17) is 9.57 Å². The molecule has 3 rings (SSSR count). The second-order valence-corrected chi connectivity index (χ2v) is 7.73. The number of amides is 1. The number of oxime groups is 1. The number of hydrogen-bond acceptors (Lipinski definition) is 4. The Kier molecular flexibility index (Phi) is 7.13. The number of carbonyl (C=O) groups is 1. The van der Waals surface area contributed by atoms with Gasteiger partial charge in [-0.2, -0.15) is 0 Å². The topological polar surface area (TPSA) is 51.1 Å². The highest BCUT2D eigenvalue weighted by Crippen LogP contribution is 2.29. The quantitative estimate of drug-likeness (QED) is 0.646. The smallest absolute Gasteiger partial charge is 0.222 e. The lowest BCUT2D eigenvalue weighted by Gasteiger charge is -2.25. The second kappa shape index (κ2) is 9.77. The number of carbonyl (C=O) groups excluding carboxylic acids is 1. The van der Waals surface area contributed by atoms with Crippen LogP contribution in [0, 0.1) is 5.92 Å². The molecule has 1 amide bonds. The van der Waals surface area contributed by atoms with Crippen molar-refractivity contribution in [2.75, 3.05) is 20.2 Å². The summed E-state index contributed by atoms with van der Waals surface area (Å²) in [4.78, 5) is 20.3. The maximum absolute atomic E-state index is 12.7. The van der Waals surface area contributed by atoms with E-state index in [9.17, 15) is 4.79 Å². The number of rotatable bonds is 9. The monoisotopic (exact) mass is 372 g/mol. The highest BCUT2D eigenvalue weighted by molar-refractivity contribution is 6.01. The Morgan fingerprint density at radius 3 is 2.67 bits per heavy atom. The molecule has 1 aromatic rings. The molecule has 2 aliphatic rings. The van der Waals surface area contributed by atoms with Gasteiger partial charge in [0, 0.05) is 19.4 Å². The van der Waals surface area contributed by atoms with Crippen LogP contribution in [0.15, 0.2) is 29.4 Å². The van der Waals surface area contributed by atoms with Crippen LogP contribution in [0.5, 0.6) is 5.75 Å². The molecule has 1 atom stereocenters. The SMILES string of the molecule is CCCN(C[C@@H]1CC(c2ccc(OC)cc2)=NO1)C(=O)CCC1CCCC1. The van der Waals surface area contributed by atoms with E-state index in [0.29, 0.717) is 13.0 Å². The molecule has 0 unspecified atom stereocenters. The van der Waals surface area contributed by atoms with E-state index in [-0.39, 0.29) is 12.0 Å². The molecule has 5 nitrogen and oxygen atoms in total. The summed E-state index contributed by atoms with van der Waals surface area (Å²) < 4.78 is 5.20. The van der Waals surface area contributed by atoms with Crippen LogP contribution in [0.4, 0.5) is 0 Å². The molecule has 0 N–H and O–H groups in total. The molecule has 1 fully saturated rings. The van der Waals surface area contributed by atoms with Crippen LogP contribution >= 0.6 is 0 Å². The summed E-state index contributed by atoms with van der Waals surface area (Å²) in [5, 5.41) is 4.26. The molecule has 27 heavy (non-hydrogen) atoms. The van der Waals surface area contributed by atoms with Crippen molar-refractivity contribution >= 4 is 11.6 Å². The second-order valence-electron chi connectivity index (χ2n) is 7.73. The maximum atomic E-state index is 12.7. The fourth-order valence-corrected chi connectivity index (χ4v) is 4.10. The maximum Gasteiger partial charge on any atom is 0.222 e. The van der Waals surface area contributed by atoms with Crippen molar-refractivity contribution in [3.05, 3.63) is 29.8 Å². The number of hydrogen-bond donors (Lipinski definition) is 0. The third-order valence-electron chi connectivity index (χ3n) is 5.67. The largest absolute Gasteiger partial charge is 0.497 e. The van der Waals surface area contributed by atoms with Crippen LogP contribution in [-0.4, -0.2) is 42.8 Å². The first-order chi connectivity index (χ1) is 13.2. The van der Waals surface area contributed by atoms with Crippen molar-refractivity contribution in [3.8, 4) is 5.75 Å². The molecule has 1 aromatic carbocycles. The number of benzene rings is 1. The van der Waals surface area contributed by atoms with Crippen molar-refractivity contribution in [2.45, 2.75) is 64.4 Å². The van der Waals surface area contributed by atoms with Gasteiger partial charge in [-0.1, -0.05) is 37.8 Å². The zero-order valence-electron chi connectivity index (χ0n) is 16.7. The first kappa shape index (κ1) is 19.7. The predicted molar refractivity (Wildman–Crippen MR) is 107 cm³/mol. The van der Waals surface area contributed by atoms with Crippen molar-refractivity contribution in [1.82, 2.24) is 4.90 Å². The standard InChI is InChI=1S/C22H32N2O3/c1-3-14-24(22(25)13-8-17-6-4-5-7-17)16-20-15-21(23-27-20)18-9-11-19(26-2)12-10-18/h9-12,17,20H,3-8,13-16H2,1-2H3/t20-/m0/s1. The van der Waals surface area contributed by atoms with E-state index in [0.717, 1.165) is 48.7 Å². The Balaban J connectivity index is 1.50. The molecule has 5 heteroatoms. The third kappa shape index (κ3) is 5.47. The number of nitrogens with zero attached hydrogens (tertiary/aromatic N) is 2. The Morgan fingerprint density at radius 2 is 2.00 bits per heavy atom.